The molecule has 0 spiro atoms. The summed E-state index contributed by atoms with van der Waals surface area (Å²) in [4.78, 5) is 10.5. The van der Waals surface area contributed by atoms with E-state index in [2.05, 4.69) is 5.11 Å². The van der Waals surface area contributed by atoms with Crippen LogP contribution in [0.2, 0.25) is 0 Å². The molecule has 0 saturated carbocycles. The van der Waals surface area contributed by atoms with Crippen LogP contribution in [0.3, 0.4) is 0 Å². The number of hydrogen-bond acceptors (Lipinski definition) is 3. The van der Waals surface area contributed by atoms with Crippen LogP contribution in [-0.4, -0.2) is 31.6 Å². The van der Waals surface area contributed by atoms with Crippen molar-refractivity contribution >= 4 is 6.29 Å². The third-order valence-electron chi connectivity index (χ3n) is 2.49. The molecule has 1 unspecified atom stereocenters. The average molecular weight is 159 g/mol. The third-order valence-corrected chi connectivity index (χ3v) is 2.49. The normalized spacial score (nSPS) is 45.5. The maximum atomic E-state index is 10.5. The number of carbonyl (C=O) groups is 1. The van der Waals surface area contributed by atoms with Crippen LogP contribution in [0.4, 0.5) is 0 Å². The summed E-state index contributed by atoms with van der Waals surface area (Å²) >= 11 is 0. The number of aldehydes is 1. The molecule has 3 heteroatoms. The summed E-state index contributed by atoms with van der Waals surface area (Å²) in [5.74, 6) is 0.320. The van der Waals surface area contributed by atoms with Gasteiger partial charge >= 0.3 is 0 Å². The smallest absolute Gasteiger partial charge is 0.210 e. The summed E-state index contributed by atoms with van der Waals surface area (Å²) in [6.45, 7) is 4.20. The molecule has 0 bridgehead atoms. The van der Waals surface area contributed by atoms with Crippen LogP contribution in [-0.2, 0) is 9.53 Å². The molecule has 1 fully saturated rings. The molecule has 4 atom stereocenters. The van der Waals surface area contributed by atoms with E-state index in [0.29, 0.717) is 6.61 Å². The molecular weight excluding hydrogens is 144 g/mol. The highest BCUT2D eigenvalue weighted by Gasteiger charge is 2.38. The number of aliphatic hydroxyl groups is 1. The molecule has 3 nitrogen and oxygen atoms in total. The second-order valence-corrected chi connectivity index (χ2v) is 3.13. The zero-order chi connectivity index (χ0) is 9.14. The van der Waals surface area contributed by atoms with Crippen molar-refractivity contribution in [3.8, 4) is 0 Å². The molecule has 0 aromatic heterocycles. The molecule has 1 aliphatic rings. The first kappa shape index (κ1) is 7.25. The first-order valence-electron chi connectivity index (χ1n) is 4.30. The van der Waals surface area contributed by atoms with Crippen molar-refractivity contribution in [3.63, 3.8) is 0 Å². The fraction of sp³-hybridized carbons (Fsp3) is 0.875. The van der Waals surface area contributed by atoms with Crippen LogP contribution in [0, 0.1) is 11.8 Å². The largest absolute Gasteiger partial charge is 0.396 e. The van der Waals surface area contributed by atoms with Crippen molar-refractivity contribution in [1.29, 1.82) is 1.43 Å². The third kappa shape index (κ3) is 1.44. The summed E-state index contributed by atoms with van der Waals surface area (Å²) in [7, 11) is 0. The van der Waals surface area contributed by atoms with Gasteiger partial charge in [-0.1, -0.05) is 6.92 Å². The highest BCUT2D eigenvalue weighted by atomic mass is 16.5. The Balaban J connectivity index is 2.56. The molecule has 1 aliphatic heterocycles. The van der Waals surface area contributed by atoms with Gasteiger partial charge in [-0.15, -0.1) is 0 Å². The van der Waals surface area contributed by atoms with Gasteiger partial charge in [0.2, 0.25) is 1.43 Å². The number of aliphatic hydroxyl groups excluding tert-OH is 1. The SMILES string of the molecule is [2H]OCC1[C@H](C)O[C@H](C=O)[C@@H]1C. The van der Waals surface area contributed by atoms with Crippen molar-refractivity contribution in [2.24, 2.45) is 11.8 Å². The Hall–Kier alpha value is -0.410. The lowest BCUT2D eigenvalue weighted by Gasteiger charge is -2.13. The molecule has 0 amide bonds. The van der Waals surface area contributed by atoms with Crippen LogP contribution in [0.5, 0.6) is 0 Å². The lowest BCUT2D eigenvalue weighted by atomic mass is 9.90. The highest BCUT2D eigenvalue weighted by molar-refractivity contribution is 5.57. The molecule has 1 rings (SSSR count). The summed E-state index contributed by atoms with van der Waals surface area (Å²) < 4.78 is 12.0. The van der Waals surface area contributed by atoms with Gasteiger partial charge in [0.25, 0.3) is 0 Å². The first-order chi connectivity index (χ1) is 5.70. The maximum absolute atomic E-state index is 10.5. The quantitative estimate of drug-likeness (QED) is 0.599. The topological polar surface area (TPSA) is 46.5 Å². The molecule has 0 aliphatic carbocycles. The van der Waals surface area contributed by atoms with Gasteiger partial charge in [-0.05, 0) is 12.8 Å². The van der Waals surface area contributed by atoms with Crippen LogP contribution in [0.1, 0.15) is 13.8 Å². The van der Waals surface area contributed by atoms with E-state index in [1.165, 1.54) is 0 Å². The van der Waals surface area contributed by atoms with Gasteiger partial charge in [-0.25, -0.2) is 0 Å². The van der Waals surface area contributed by atoms with E-state index >= 15 is 0 Å². The van der Waals surface area contributed by atoms with Crippen LogP contribution >= 0.6 is 0 Å². The lowest BCUT2D eigenvalue weighted by Crippen LogP contribution is -2.22. The van der Waals surface area contributed by atoms with Crippen molar-refractivity contribution in [2.45, 2.75) is 26.1 Å². The predicted molar refractivity (Wildman–Crippen MR) is 40.1 cm³/mol. The Labute approximate surface area is 67.8 Å². The minimum Gasteiger partial charge on any atom is -0.396 e. The minimum atomic E-state index is -0.319. The molecule has 11 heavy (non-hydrogen) atoms. The van der Waals surface area contributed by atoms with E-state index in [4.69, 9.17) is 6.17 Å². The van der Waals surface area contributed by atoms with Gasteiger partial charge in [0.15, 0.2) is 0 Å². The Bertz CT molecular complexity index is 162. The Morgan fingerprint density at radius 1 is 1.73 bits per heavy atom. The molecular formula is C8H14O3. The monoisotopic (exact) mass is 159 g/mol. The van der Waals surface area contributed by atoms with Gasteiger partial charge in [-0.2, -0.15) is 0 Å². The fourth-order valence-electron chi connectivity index (χ4n) is 1.59. The average Bonchev–Trinajstić information content (AvgIpc) is 2.32. The van der Waals surface area contributed by atoms with E-state index in [9.17, 15) is 4.79 Å². The minimum absolute atomic E-state index is 0.0144. The number of ether oxygens (including phenoxy) is 1. The molecule has 1 N–H and O–H groups in total. The van der Waals surface area contributed by atoms with Gasteiger partial charge in [-0.3, -0.25) is 0 Å². The number of rotatable bonds is 3. The van der Waals surface area contributed by atoms with Crippen molar-refractivity contribution in [3.05, 3.63) is 0 Å². The lowest BCUT2D eigenvalue weighted by molar-refractivity contribution is -0.118. The van der Waals surface area contributed by atoms with Crippen molar-refractivity contribution in [2.75, 3.05) is 6.61 Å². The predicted octanol–water partition coefficient (Wildman–Crippen LogP) is 0.217. The standard InChI is InChI=1S/C8H14O3/c1-5-7(3-9)6(2)11-8(5)4-10/h4-9H,3H2,1-2H3/t5-,6+,7?,8-/m1/s1/i9D. The van der Waals surface area contributed by atoms with Crippen LogP contribution < -0.4 is 0 Å². The van der Waals surface area contributed by atoms with Crippen molar-refractivity contribution in [1.82, 2.24) is 0 Å². The zero-order valence-corrected chi connectivity index (χ0v) is 6.82. The molecule has 0 aromatic rings. The van der Waals surface area contributed by atoms with E-state index in [1.807, 2.05) is 13.8 Å². The molecule has 1 heterocycles. The van der Waals surface area contributed by atoms with Gasteiger partial charge in [0.05, 0.1) is 6.10 Å². The summed E-state index contributed by atoms with van der Waals surface area (Å²) in [6.07, 6.45) is 0.520. The van der Waals surface area contributed by atoms with E-state index in [0.717, 1.165) is 6.29 Å². The number of hydrogen-bond donors (Lipinski definition) is 1. The second kappa shape index (κ2) is 3.32. The highest BCUT2D eigenvalue weighted by Crippen LogP contribution is 2.30. The summed E-state index contributed by atoms with van der Waals surface area (Å²) in [5, 5.41) is 4.31. The second-order valence-electron chi connectivity index (χ2n) is 3.13. The maximum Gasteiger partial charge on any atom is 0.210 e. The summed E-state index contributed by atoms with van der Waals surface area (Å²) in [6, 6.07) is 0. The fourth-order valence-corrected chi connectivity index (χ4v) is 1.59. The first-order valence-corrected chi connectivity index (χ1v) is 3.89. The van der Waals surface area contributed by atoms with E-state index in [-0.39, 0.29) is 24.0 Å². The van der Waals surface area contributed by atoms with Crippen molar-refractivity contribution < 1.29 is 14.6 Å². The zero-order valence-electron chi connectivity index (χ0n) is 7.82. The molecule has 1 saturated heterocycles. The molecule has 64 valence electrons. The van der Waals surface area contributed by atoms with Crippen LogP contribution in [0.15, 0.2) is 0 Å². The van der Waals surface area contributed by atoms with Gasteiger partial charge in [0, 0.05) is 12.5 Å². The van der Waals surface area contributed by atoms with E-state index < -0.39 is 0 Å². The Morgan fingerprint density at radius 3 is 2.91 bits per heavy atom. The van der Waals surface area contributed by atoms with Gasteiger partial charge < -0.3 is 14.6 Å². The van der Waals surface area contributed by atoms with E-state index in [1.54, 1.807) is 0 Å². The van der Waals surface area contributed by atoms with Crippen LogP contribution in [0.25, 0.3) is 0 Å². The summed E-state index contributed by atoms with van der Waals surface area (Å²) in [5.41, 5.74) is 0. The molecule has 0 radical (unpaired) electrons. The number of carbonyl (C=O) groups excluding carboxylic acids is 1. The molecule has 0 aromatic carbocycles. The van der Waals surface area contributed by atoms with Gasteiger partial charge in [0.1, 0.15) is 12.4 Å². The Kier molecular flexibility index (Phi) is 2.19. The Morgan fingerprint density at radius 2 is 2.45 bits per heavy atom.